The second kappa shape index (κ2) is 8.02. The molecule has 0 atom stereocenters. The molecule has 2 aromatic rings. The Morgan fingerprint density at radius 2 is 2.04 bits per heavy atom. The highest BCUT2D eigenvalue weighted by Gasteiger charge is 2.19. The summed E-state index contributed by atoms with van der Waals surface area (Å²) in [6.07, 6.45) is 5.62. The van der Waals surface area contributed by atoms with Gasteiger partial charge in [-0.1, -0.05) is 18.6 Å². The number of nitrogens with one attached hydrogen (secondary N) is 1. The zero-order valence-electron chi connectivity index (χ0n) is 15.4. The van der Waals surface area contributed by atoms with Crippen LogP contribution in [0.2, 0.25) is 0 Å². The molecule has 1 aromatic heterocycles. The van der Waals surface area contributed by atoms with Crippen LogP contribution in [0.15, 0.2) is 51.6 Å². The number of aromatic hydroxyl groups is 1. The molecule has 1 aromatic carbocycles. The molecule has 140 valence electrons. The number of hydrogen-bond acceptors (Lipinski definition) is 7. The lowest BCUT2D eigenvalue weighted by atomic mass is 10.00. The van der Waals surface area contributed by atoms with E-state index in [-0.39, 0.29) is 5.75 Å². The van der Waals surface area contributed by atoms with Gasteiger partial charge in [0, 0.05) is 55.3 Å². The summed E-state index contributed by atoms with van der Waals surface area (Å²) in [5.74, 6) is 1.23. The summed E-state index contributed by atoms with van der Waals surface area (Å²) in [5.41, 5.74) is 4.65. The highest BCUT2D eigenvalue weighted by atomic mass is 32.1. The smallest absolute Gasteiger partial charge is 0.131 e. The van der Waals surface area contributed by atoms with E-state index >= 15 is 0 Å². The van der Waals surface area contributed by atoms with Crippen LogP contribution in [0.1, 0.15) is 25.3 Å². The second-order valence-electron chi connectivity index (χ2n) is 6.72. The van der Waals surface area contributed by atoms with Crippen molar-refractivity contribution in [3.63, 3.8) is 0 Å². The number of piperazine rings is 1. The first-order chi connectivity index (χ1) is 13.2. The van der Waals surface area contributed by atoms with Gasteiger partial charge in [-0.05, 0) is 41.7 Å². The fraction of sp³-hybridized carbons (Fsp3) is 0.350. The molecule has 4 rings (SSSR count). The van der Waals surface area contributed by atoms with Gasteiger partial charge in [0.05, 0.1) is 5.71 Å². The standard InChI is InChI=1S/C20H23N5OS/c1-2-14-9-18(23-24-20(10-14)25-7-5-21-6-8-25)17-4-3-15(11-19(17)26)16-12-22-27-13-16/h3-4,9,11-13,21,26H,2,5-8,10H2,1H3. The molecular weight excluding hydrogens is 358 g/mol. The van der Waals surface area contributed by atoms with Crippen LogP contribution in [0.3, 0.4) is 0 Å². The van der Waals surface area contributed by atoms with E-state index in [4.69, 9.17) is 0 Å². The number of amidine groups is 1. The molecule has 0 radical (unpaired) electrons. The molecule has 3 heterocycles. The summed E-state index contributed by atoms with van der Waals surface area (Å²) in [4.78, 5) is 2.30. The van der Waals surface area contributed by atoms with Crippen LogP contribution in [0.5, 0.6) is 5.75 Å². The minimum Gasteiger partial charge on any atom is -0.507 e. The number of allylic oxidation sites excluding steroid dienone is 1. The van der Waals surface area contributed by atoms with Gasteiger partial charge in [-0.15, -0.1) is 10.2 Å². The van der Waals surface area contributed by atoms with Crippen molar-refractivity contribution in [1.82, 2.24) is 14.6 Å². The topological polar surface area (TPSA) is 73.1 Å². The minimum absolute atomic E-state index is 0.213. The van der Waals surface area contributed by atoms with Gasteiger partial charge in [0.1, 0.15) is 11.6 Å². The average molecular weight is 382 g/mol. The van der Waals surface area contributed by atoms with Gasteiger partial charge in [0.2, 0.25) is 0 Å². The molecule has 0 amide bonds. The van der Waals surface area contributed by atoms with Crippen molar-refractivity contribution >= 4 is 23.1 Å². The molecule has 2 N–H and O–H groups in total. The van der Waals surface area contributed by atoms with Crippen molar-refractivity contribution in [3.8, 4) is 16.9 Å². The first kappa shape index (κ1) is 17.9. The molecule has 27 heavy (non-hydrogen) atoms. The van der Waals surface area contributed by atoms with E-state index in [2.05, 4.69) is 37.8 Å². The van der Waals surface area contributed by atoms with Crippen molar-refractivity contribution in [3.05, 3.63) is 47.0 Å². The van der Waals surface area contributed by atoms with Crippen molar-refractivity contribution in [1.29, 1.82) is 0 Å². The Labute approximate surface area is 163 Å². The van der Waals surface area contributed by atoms with Crippen LogP contribution < -0.4 is 5.32 Å². The predicted octanol–water partition coefficient (Wildman–Crippen LogP) is 3.26. The van der Waals surface area contributed by atoms with Gasteiger partial charge < -0.3 is 15.3 Å². The number of phenols is 1. The summed E-state index contributed by atoms with van der Waals surface area (Å²) in [7, 11) is 0. The molecule has 7 heteroatoms. The maximum Gasteiger partial charge on any atom is 0.131 e. The van der Waals surface area contributed by atoms with Crippen molar-refractivity contribution in [2.24, 2.45) is 10.2 Å². The number of phenolic OH excluding ortho intramolecular Hbond substituents is 1. The van der Waals surface area contributed by atoms with Crippen LogP contribution in [-0.2, 0) is 0 Å². The largest absolute Gasteiger partial charge is 0.507 e. The van der Waals surface area contributed by atoms with Gasteiger partial charge in [-0.3, -0.25) is 0 Å². The summed E-state index contributed by atoms with van der Waals surface area (Å²) in [5, 5.41) is 25.0. The number of hydrogen-bond donors (Lipinski definition) is 2. The van der Waals surface area contributed by atoms with E-state index in [0.717, 1.165) is 56.0 Å². The molecule has 2 aliphatic heterocycles. The maximum absolute atomic E-state index is 10.6. The Morgan fingerprint density at radius 3 is 2.74 bits per heavy atom. The summed E-state index contributed by atoms with van der Waals surface area (Å²) in [6.45, 7) is 6.00. The molecule has 0 saturated carbocycles. The average Bonchev–Trinajstić information content (AvgIpc) is 3.16. The molecule has 0 spiro atoms. The number of nitrogens with zero attached hydrogens (tertiary/aromatic N) is 4. The van der Waals surface area contributed by atoms with Gasteiger partial charge in [-0.2, -0.15) is 0 Å². The van der Waals surface area contributed by atoms with Gasteiger partial charge in [-0.25, -0.2) is 4.37 Å². The first-order valence-electron chi connectivity index (χ1n) is 9.27. The third kappa shape index (κ3) is 3.94. The van der Waals surface area contributed by atoms with E-state index in [1.54, 1.807) is 12.3 Å². The Balaban J connectivity index is 1.67. The fourth-order valence-corrected chi connectivity index (χ4v) is 3.90. The van der Waals surface area contributed by atoms with Crippen LogP contribution in [0, 0.1) is 0 Å². The summed E-state index contributed by atoms with van der Waals surface area (Å²) in [6, 6.07) is 5.68. The fourth-order valence-electron chi connectivity index (χ4n) is 3.36. The van der Waals surface area contributed by atoms with Crippen LogP contribution in [-0.4, -0.2) is 52.1 Å². The molecular formula is C20H23N5OS. The SMILES string of the molecule is CCC1=CC(c2ccc(-c3cnsc3)cc2O)=NN=C(N2CCNCC2)C1. The molecule has 1 saturated heterocycles. The van der Waals surface area contributed by atoms with Crippen LogP contribution in [0.25, 0.3) is 11.1 Å². The van der Waals surface area contributed by atoms with Gasteiger partial charge >= 0.3 is 0 Å². The normalized spacial score (nSPS) is 17.8. The third-order valence-electron chi connectivity index (χ3n) is 4.97. The van der Waals surface area contributed by atoms with E-state index in [1.165, 1.54) is 17.1 Å². The van der Waals surface area contributed by atoms with Crippen molar-refractivity contribution in [2.75, 3.05) is 26.2 Å². The lowest BCUT2D eigenvalue weighted by Gasteiger charge is -2.29. The van der Waals surface area contributed by atoms with E-state index in [1.807, 2.05) is 17.5 Å². The minimum atomic E-state index is 0.213. The van der Waals surface area contributed by atoms with Crippen molar-refractivity contribution < 1.29 is 5.11 Å². The molecule has 6 nitrogen and oxygen atoms in total. The predicted molar refractivity (Wildman–Crippen MR) is 111 cm³/mol. The Kier molecular flexibility index (Phi) is 5.31. The molecule has 0 unspecified atom stereocenters. The van der Waals surface area contributed by atoms with Gasteiger partial charge in [0.25, 0.3) is 0 Å². The first-order valence-corrected chi connectivity index (χ1v) is 10.1. The highest BCUT2D eigenvalue weighted by Crippen LogP contribution is 2.29. The van der Waals surface area contributed by atoms with Crippen LogP contribution >= 0.6 is 11.5 Å². The summed E-state index contributed by atoms with van der Waals surface area (Å²) >= 11 is 1.40. The Morgan fingerprint density at radius 1 is 1.19 bits per heavy atom. The quantitative estimate of drug-likeness (QED) is 0.856. The maximum atomic E-state index is 10.6. The van der Waals surface area contributed by atoms with E-state index in [0.29, 0.717) is 11.3 Å². The zero-order chi connectivity index (χ0) is 18.6. The number of benzene rings is 1. The molecule has 1 fully saturated rings. The number of aromatic nitrogens is 1. The Hall–Kier alpha value is -2.51. The summed E-state index contributed by atoms with van der Waals surface area (Å²) < 4.78 is 4.13. The Bertz CT molecular complexity index is 895. The van der Waals surface area contributed by atoms with E-state index < -0.39 is 0 Å². The third-order valence-corrected chi connectivity index (χ3v) is 5.56. The number of rotatable bonds is 3. The molecule has 0 bridgehead atoms. The zero-order valence-corrected chi connectivity index (χ0v) is 16.2. The van der Waals surface area contributed by atoms with Gasteiger partial charge in [0.15, 0.2) is 0 Å². The second-order valence-corrected chi connectivity index (χ2v) is 7.37. The molecule has 2 aliphatic rings. The van der Waals surface area contributed by atoms with Crippen molar-refractivity contribution in [2.45, 2.75) is 19.8 Å². The highest BCUT2D eigenvalue weighted by molar-refractivity contribution is 7.03. The van der Waals surface area contributed by atoms with E-state index in [9.17, 15) is 5.11 Å². The lowest BCUT2D eigenvalue weighted by molar-refractivity contribution is 0.352. The van der Waals surface area contributed by atoms with Crippen LogP contribution in [0.4, 0.5) is 0 Å². The lowest BCUT2D eigenvalue weighted by Crippen LogP contribution is -2.46. The monoisotopic (exact) mass is 381 g/mol. The molecule has 0 aliphatic carbocycles.